The van der Waals surface area contributed by atoms with E-state index < -0.39 is 16.2 Å². The fourth-order valence-corrected chi connectivity index (χ4v) is 5.57. The number of nitrogens with zero attached hydrogens (tertiary/aromatic N) is 6. The summed E-state index contributed by atoms with van der Waals surface area (Å²) in [6, 6.07) is 1.76. The van der Waals surface area contributed by atoms with Gasteiger partial charge in [-0.15, -0.1) is 9.40 Å². The molecule has 2 aliphatic rings. The van der Waals surface area contributed by atoms with Gasteiger partial charge in [0.1, 0.15) is 11.4 Å². The maximum atomic E-state index is 14.8. The summed E-state index contributed by atoms with van der Waals surface area (Å²) in [5.74, 6) is 0.360. The highest BCUT2D eigenvalue weighted by atomic mass is 32.3. The molecule has 0 amide bonds. The number of rotatable bonds is 5. The summed E-state index contributed by atoms with van der Waals surface area (Å²) in [4.78, 5) is 12.8. The lowest BCUT2D eigenvalue weighted by molar-refractivity contribution is 0.412. The van der Waals surface area contributed by atoms with Crippen molar-refractivity contribution in [2.45, 2.75) is 25.3 Å². The molecular weight excluding hydrogens is 439 g/mol. The van der Waals surface area contributed by atoms with Gasteiger partial charge >= 0.3 is 10.4 Å². The van der Waals surface area contributed by atoms with Crippen molar-refractivity contribution in [2.24, 2.45) is 0 Å². The second-order valence-corrected chi connectivity index (χ2v) is 9.86. The van der Waals surface area contributed by atoms with E-state index >= 15 is 0 Å². The minimum absolute atomic E-state index is 0.0357. The molecule has 3 aromatic heterocycles. The van der Waals surface area contributed by atoms with Crippen LogP contribution in [-0.2, 0) is 14.6 Å². The van der Waals surface area contributed by atoms with E-state index in [1.807, 2.05) is 0 Å². The number of fused-ring (bicyclic) bond motifs is 1. The van der Waals surface area contributed by atoms with Crippen LogP contribution >= 0.6 is 0 Å². The summed E-state index contributed by atoms with van der Waals surface area (Å²) in [6.07, 6.45) is 5.15. The molecule has 0 aromatic carbocycles. The number of methoxy groups -OCH3 is 1. The molecule has 0 saturated carbocycles. The first-order valence-electron chi connectivity index (χ1n) is 10.4. The van der Waals surface area contributed by atoms with Crippen molar-refractivity contribution in [3.8, 4) is 17.1 Å². The van der Waals surface area contributed by atoms with Gasteiger partial charge < -0.3 is 15.4 Å². The third-order valence-electron chi connectivity index (χ3n) is 5.63. The largest absolute Gasteiger partial charge is 0.492 e. The molecule has 0 aliphatic carbocycles. The van der Waals surface area contributed by atoms with Gasteiger partial charge in [-0.25, -0.2) is 23.9 Å². The molecule has 2 saturated heterocycles. The van der Waals surface area contributed by atoms with Crippen molar-refractivity contribution in [3.63, 3.8) is 0 Å². The van der Waals surface area contributed by atoms with E-state index in [0.717, 1.165) is 32.1 Å². The minimum Gasteiger partial charge on any atom is -0.492 e. The van der Waals surface area contributed by atoms with Crippen LogP contribution in [0.2, 0.25) is 0 Å². The SMILES string of the molecule is COc1cc2ncc(-c3nc(NC4CCCNC4)ncc3F)n2nc1N1CCC[S+]1(=O)O. The fourth-order valence-electron chi connectivity index (χ4n) is 4.04. The molecule has 11 nitrogen and oxygen atoms in total. The molecule has 13 heteroatoms. The summed E-state index contributed by atoms with van der Waals surface area (Å²) in [7, 11) is -1.79. The van der Waals surface area contributed by atoms with Crippen LogP contribution in [0, 0.1) is 5.82 Å². The highest BCUT2D eigenvalue weighted by molar-refractivity contribution is 7.99. The van der Waals surface area contributed by atoms with Crippen LogP contribution in [0.5, 0.6) is 5.75 Å². The van der Waals surface area contributed by atoms with Crippen molar-refractivity contribution in [1.82, 2.24) is 29.9 Å². The highest BCUT2D eigenvalue weighted by Crippen LogP contribution is 2.35. The number of anilines is 2. The molecule has 32 heavy (non-hydrogen) atoms. The molecule has 170 valence electrons. The van der Waals surface area contributed by atoms with E-state index in [1.165, 1.54) is 22.1 Å². The zero-order valence-corrected chi connectivity index (χ0v) is 18.3. The molecule has 5 heterocycles. The number of hydrogen-bond donors (Lipinski definition) is 3. The second kappa shape index (κ2) is 8.22. The molecule has 0 radical (unpaired) electrons. The minimum atomic E-state index is -3.24. The van der Waals surface area contributed by atoms with E-state index in [9.17, 15) is 13.2 Å². The van der Waals surface area contributed by atoms with E-state index in [4.69, 9.17) is 4.74 Å². The fraction of sp³-hybridized carbons (Fsp3) is 0.474. The van der Waals surface area contributed by atoms with Crippen LogP contribution in [0.15, 0.2) is 18.5 Å². The maximum Gasteiger partial charge on any atom is 0.314 e. The molecule has 0 bridgehead atoms. The Hall–Kier alpha value is -2.90. The van der Waals surface area contributed by atoms with Crippen molar-refractivity contribution in [3.05, 3.63) is 24.3 Å². The number of imidazole rings is 1. The molecule has 2 atom stereocenters. The van der Waals surface area contributed by atoms with Gasteiger partial charge in [0.15, 0.2) is 23.0 Å². The van der Waals surface area contributed by atoms with Gasteiger partial charge in [0.05, 0.1) is 26.0 Å². The zero-order chi connectivity index (χ0) is 22.3. The average molecular weight is 464 g/mol. The van der Waals surface area contributed by atoms with Gasteiger partial charge in [-0.1, -0.05) is 0 Å². The Kier molecular flexibility index (Phi) is 5.39. The molecule has 2 aliphatic heterocycles. The van der Waals surface area contributed by atoms with Crippen LogP contribution < -0.4 is 19.7 Å². The van der Waals surface area contributed by atoms with Crippen LogP contribution in [0.25, 0.3) is 17.0 Å². The number of piperidine rings is 1. The van der Waals surface area contributed by atoms with Crippen molar-refractivity contribution in [1.29, 1.82) is 0 Å². The van der Waals surface area contributed by atoms with Gasteiger partial charge in [-0.05, 0) is 23.6 Å². The molecule has 3 aromatic rings. The van der Waals surface area contributed by atoms with Crippen LogP contribution in [0.1, 0.15) is 19.3 Å². The van der Waals surface area contributed by atoms with Crippen LogP contribution in [0.4, 0.5) is 16.2 Å². The van der Waals surface area contributed by atoms with Gasteiger partial charge in [-0.3, -0.25) is 0 Å². The summed E-state index contributed by atoms with van der Waals surface area (Å²) in [6.45, 7) is 2.12. The first-order valence-corrected chi connectivity index (χ1v) is 12.1. The standard InChI is InChI=1S/C19H23FN8O3S/c1-31-15-8-16-22-11-14(28(16)26-18(15)27-6-3-7-32(27,29)30)17-13(20)10-23-19(25-17)24-12-4-2-5-21-9-12/h8,10-12,21H,2-7,9H2,1H3,(H-,23,24,25,29,30)/p+1. The Labute approximate surface area is 184 Å². The maximum absolute atomic E-state index is 14.8. The number of halogens is 1. The van der Waals surface area contributed by atoms with E-state index in [1.54, 1.807) is 6.07 Å². The Morgan fingerprint density at radius 3 is 2.94 bits per heavy atom. The second-order valence-electron chi connectivity index (χ2n) is 7.79. The number of hydrogen-bond acceptors (Lipinski definition) is 8. The van der Waals surface area contributed by atoms with Gasteiger partial charge in [-0.2, -0.15) is 4.55 Å². The van der Waals surface area contributed by atoms with Gasteiger partial charge in [0.2, 0.25) is 11.8 Å². The highest BCUT2D eigenvalue weighted by Gasteiger charge is 2.44. The quantitative estimate of drug-likeness (QED) is 0.483. The Morgan fingerprint density at radius 2 is 2.22 bits per heavy atom. The normalized spacial score (nSPS) is 23.6. The molecule has 0 spiro atoms. The molecule has 2 unspecified atom stereocenters. The number of ether oxygens (including phenoxy) is 1. The summed E-state index contributed by atoms with van der Waals surface area (Å²) in [5.41, 5.74) is 0.735. The average Bonchev–Trinajstić information content (AvgIpc) is 3.36. The summed E-state index contributed by atoms with van der Waals surface area (Å²) >= 11 is 0. The monoisotopic (exact) mass is 463 g/mol. The predicted octanol–water partition coefficient (Wildman–Crippen LogP) is 1.60. The lowest BCUT2D eigenvalue weighted by atomic mass is 10.1. The van der Waals surface area contributed by atoms with Crippen LogP contribution in [-0.4, -0.2) is 67.7 Å². The first-order chi connectivity index (χ1) is 15.5. The lowest BCUT2D eigenvalue weighted by Gasteiger charge is -2.23. The predicted molar refractivity (Wildman–Crippen MR) is 118 cm³/mol. The van der Waals surface area contributed by atoms with E-state index in [-0.39, 0.29) is 23.3 Å². The smallest absolute Gasteiger partial charge is 0.314 e. The number of aromatic nitrogens is 5. The molecular formula is C19H24FN8O3S+. The van der Waals surface area contributed by atoms with Crippen molar-refractivity contribution >= 4 is 27.8 Å². The van der Waals surface area contributed by atoms with Crippen molar-refractivity contribution < 1.29 is 17.9 Å². The van der Waals surface area contributed by atoms with Gasteiger partial charge in [0, 0.05) is 25.1 Å². The third kappa shape index (κ3) is 3.76. The van der Waals surface area contributed by atoms with Gasteiger partial charge in [0.25, 0.3) is 0 Å². The Morgan fingerprint density at radius 1 is 1.34 bits per heavy atom. The molecule has 5 rings (SSSR count). The first kappa shape index (κ1) is 21.0. The molecule has 3 N–H and O–H groups in total. The third-order valence-corrected chi connectivity index (χ3v) is 7.49. The summed E-state index contributed by atoms with van der Waals surface area (Å²) < 4.78 is 45.8. The van der Waals surface area contributed by atoms with E-state index in [0.29, 0.717) is 36.0 Å². The van der Waals surface area contributed by atoms with Crippen molar-refractivity contribution in [2.75, 3.05) is 42.1 Å². The Bertz CT molecular complexity index is 1200. The Balaban J connectivity index is 1.56. The topological polar surface area (TPSA) is 130 Å². The lowest BCUT2D eigenvalue weighted by Crippen LogP contribution is -2.38. The molecule has 2 fully saturated rings. The van der Waals surface area contributed by atoms with E-state index in [2.05, 4.69) is 30.7 Å². The zero-order valence-electron chi connectivity index (χ0n) is 17.5. The summed E-state index contributed by atoms with van der Waals surface area (Å²) in [5, 5.41) is 11.1. The van der Waals surface area contributed by atoms with Crippen LogP contribution in [0.3, 0.4) is 0 Å². The number of nitrogens with one attached hydrogen (secondary N) is 2.